The molecule has 2 heterocycles. The molecular weight excluding hydrogens is 304 g/mol. The van der Waals surface area contributed by atoms with Gasteiger partial charge in [-0.1, -0.05) is 12.1 Å². The van der Waals surface area contributed by atoms with Gasteiger partial charge in [0.05, 0.1) is 6.20 Å². The Morgan fingerprint density at radius 1 is 1.25 bits per heavy atom. The summed E-state index contributed by atoms with van der Waals surface area (Å²) in [5, 5.41) is 9.56. The van der Waals surface area contributed by atoms with Crippen LogP contribution in [-0.4, -0.2) is 46.0 Å². The number of benzene rings is 1. The summed E-state index contributed by atoms with van der Waals surface area (Å²) >= 11 is 0. The van der Waals surface area contributed by atoms with E-state index in [4.69, 9.17) is 0 Å². The van der Waals surface area contributed by atoms with Crippen molar-refractivity contribution >= 4 is 11.8 Å². The highest BCUT2D eigenvalue weighted by Crippen LogP contribution is 2.22. The minimum Gasteiger partial charge on any atom is -0.354 e. The lowest BCUT2D eigenvalue weighted by molar-refractivity contribution is -0.119. The summed E-state index contributed by atoms with van der Waals surface area (Å²) < 4.78 is 0. The third-order valence-corrected chi connectivity index (χ3v) is 4.44. The molecule has 1 aliphatic rings. The summed E-state index contributed by atoms with van der Waals surface area (Å²) in [6.45, 7) is 2.77. The van der Waals surface area contributed by atoms with Gasteiger partial charge in [-0.2, -0.15) is 5.10 Å². The highest BCUT2D eigenvalue weighted by molar-refractivity contribution is 5.95. The van der Waals surface area contributed by atoms with Gasteiger partial charge in [0.15, 0.2) is 0 Å². The van der Waals surface area contributed by atoms with Crippen LogP contribution in [0.4, 0.5) is 0 Å². The molecule has 2 N–H and O–H groups in total. The summed E-state index contributed by atoms with van der Waals surface area (Å²) in [4.78, 5) is 25.9. The van der Waals surface area contributed by atoms with E-state index in [-0.39, 0.29) is 17.9 Å². The van der Waals surface area contributed by atoms with Crippen LogP contribution in [0.3, 0.4) is 0 Å². The zero-order chi connectivity index (χ0) is 16.9. The molecule has 3 rings (SSSR count). The maximum absolute atomic E-state index is 12.8. The Morgan fingerprint density at radius 3 is 2.71 bits per heavy atom. The summed E-state index contributed by atoms with van der Waals surface area (Å²) in [6.07, 6.45) is 6.61. The average Bonchev–Trinajstić information content (AvgIpc) is 3.14. The van der Waals surface area contributed by atoms with Gasteiger partial charge in [0.1, 0.15) is 0 Å². The van der Waals surface area contributed by atoms with E-state index in [2.05, 4.69) is 15.5 Å². The molecule has 0 radical (unpaired) electrons. The molecular formula is C18H22N4O2. The molecule has 24 heavy (non-hydrogen) atoms. The van der Waals surface area contributed by atoms with E-state index in [0.717, 1.165) is 36.9 Å². The molecule has 0 unspecified atom stereocenters. The van der Waals surface area contributed by atoms with E-state index in [1.807, 2.05) is 35.4 Å². The lowest BCUT2D eigenvalue weighted by Crippen LogP contribution is -2.49. The Kier molecular flexibility index (Phi) is 4.93. The molecule has 126 valence electrons. The van der Waals surface area contributed by atoms with Gasteiger partial charge in [0.2, 0.25) is 5.91 Å². The number of H-pyrrole nitrogens is 1. The Labute approximate surface area is 141 Å². The molecule has 0 saturated carbocycles. The van der Waals surface area contributed by atoms with Crippen molar-refractivity contribution in [3.05, 3.63) is 42.2 Å². The van der Waals surface area contributed by atoms with Crippen molar-refractivity contribution in [3.8, 4) is 11.1 Å². The summed E-state index contributed by atoms with van der Waals surface area (Å²) in [5.74, 6) is -0.0266. The third kappa shape index (κ3) is 3.64. The summed E-state index contributed by atoms with van der Waals surface area (Å²) in [6, 6.07) is 7.66. The Hall–Kier alpha value is -2.63. The molecule has 1 atom stereocenters. The lowest BCUT2D eigenvalue weighted by atomic mass is 10.00. The lowest BCUT2D eigenvalue weighted by Gasteiger charge is -2.36. The first-order valence-electron chi connectivity index (χ1n) is 8.30. The van der Waals surface area contributed by atoms with Crippen molar-refractivity contribution in [3.63, 3.8) is 0 Å². The number of aromatic nitrogens is 2. The van der Waals surface area contributed by atoms with Gasteiger partial charge in [-0.05, 0) is 37.0 Å². The molecule has 1 aromatic heterocycles. The predicted molar refractivity (Wildman–Crippen MR) is 91.4 cm³/mol. The maximum atomic E-state index is 12.8. The van der Waals surface area contributed by atoms with Gasteiger partial charge in [0, 0.05) is 43.4 Å². The number of nitrogens with one attached hydrogen (secondary N) is 2. The highest BCUT2D eigenvalue weighted by atomic mass is 16.2. The van der Waals surface area contributed by atoms with Crippen LogP contribution in [0, 0.1) is 0 Å². The van der Waals surface area contributed by atoms with Crippen molar-refractivity contribution < 1.29 is 9.59 Å². The number of nitrogens with zero attached hydrogens (tertiary/aromatic N) is 2. The third-order valence-electron chi connectivity index (χ3n) is 4.44. The molecule has 6 heteroatoms. The van der Waals surface area contributed by atoms with Crippen LogP contribution < -0.4 is 5.32 Å². The van der Waals surface area contributed by atoms with Gasteiger partial charge in [-0.15, -0.1) is 0 Å². The quantitative estimate of drug-likeness (QED) is 0.904. The predicted octanol–water partition coefficient (Wildman–Crippen LogP) is 2.21. The molecule has 1 aromatic carbocycles. The number of carbonyl (C=O) groups is 2. The fraction of sp³-hybridized carbons (Fsp3) is 0.389. The van der Waals surface area contributed by atoms with E-state index in [1.54, 1.807) is 6.20 Å². The topological polar surface area (TPSA) is 78.1 Å². The second-order valence-electron chi connectivity index (χ2n) is 6.15. The van der Waals surface area contributed by atoms with E-state index < -0.39 is 0 Å². The summed E-state index contributed by atoms with van der Waals surface area (Å²) in [7, 11) is 0. The Morgan fingerprint density at radius 2 is 2.04 bits per heavy atom. The number of hydrogen-bond acceptors (Lipinski definition) is 3. The van der Waals surface area contributed by atoms with Crippen LogP contribution in [0.5, 0.6) is 0 Å². The monoisotopic (exact) mass is 326 g/mol. The van der Waals surface area contributed by atoms with Crippen LogP contribution in [0.1, 0.15) is 36.5 Å². The summed E-state index contributed by atoms with van der Waals surface area (Å²) in [5.41, 5.74) is 2.70. The maximum Gasteiger partial charge on any atom is 0.254 e. The minimum absolute atomic E-state index is 0.0313. The number of hydrogen-bond donors (Lipinski definition) is 2. The molecule has 1 fully saturated rings. The Balaban J connectivity index is 1.72. The fourth-order valence-electron chi connectivity index (χ4n) is 3.12. The van der Waals surface area contributed by atoms with Crippen LogP contribution in [0.15, 0.2) is 36.7 Å². The Bertz CT molecular complexity index is 694. The van der Waals surface area contributed by atoms with Crippen LogP contribution in [0.25, 0.3) is 11.1 Å². The fourth-order valence-corrected chi connectivity index (χ4v) is 3.12. The first-order chi connectivity index (χ1) is 11.6. The van der Waals surface area contributed by atoms with Crippen molar-refractivity contribution in [1.82, 2.24) is 20.4 Å². The first-order valence-corrected chi connectivity index (χ1v) is 8.30. The van der Waals surface area contributed by atoms with Gasteiger partial charge in [0.25, 0.3) is 5.91 Å². The van der Waals surface area contributed by atoms with E-state index in [1.165, 1.54) is 6.92 Å². The van der Waals surface area contributed by atoms with Crippen molar-refractivity contribution in [1.29, 1.82) is 0 Å². The number of aromatic amines is 1. The second-order valence-corrected chi connectivity index (χ2v) is 6.15. The number of likely N-dealkylation sites (tertiary alicyclic amines) is 1. The molecule has 1 aliphatic heterocycles. The van der Waals surface area contributed by atoms with Crippen LogP contribution >= 0.6 is 0 Å². The van der Waals surface area contributed by atoms with E-state index in [0.29, 0.717) is 12.1 Å². The van der Waals surface area contributed by atoms with Gasteiger partial charge < -0.3 is 10.2 Å². The molecule has 1 saturated heterocycles. The van der Waals surface area contributed by atoms with E-state index >= 15 is 0 Å². The smallest absolute Gasteiger partial charge is 0.254 e. The van der Waals surface area contributed by atoms with Crippen LogP contribution in [0.2, 0.25) is 0 Å². The molecule has 6 nitrogen and oxygen atoms in total. The number of carbonyl (C=O) groups excluding carboxylic acids is 2. The standard InChI is InChI=1S/C18H22N4O2/c1-13(23)19-12-17-4-2-3-9-22(17)18(24)15-7-5-14(6-8-15)16-10-20-21-11-16/h5-8,10-11,17H,2-4,9,12H2,1H3,(H,19,23)(H,20,21)/t17-/m1/s1. The number of rotatable bonds is 4. The van der Waals surface area contributed by atoms with Crippen molar-refractivity contribution in [2.24, 2.45) is 0 Å². The largest absolute Gasteiger partial charge is 0.354 e. The highest BCUT2D eigenvalue weighted by Gasteiger charge is 2.27. The second kappa shape index (κ2) is 7.29. The van der Waals surface area contributed by atoms with Gasteiger partial charge in [-0.25, -0.2) is 0 Å². The normalized spacial score (nSPS) is 17.5. The molecule has 0 spiro atoms. The van der Waals surface area contributed by atoms with E-state index in [9.17, 15) is 9.59 Å². The molecule has 2 amide bonds. The molecule has 2 aromatic rings. The van der Waals surface area contributed by atoms with Gasteiger partial charge in [-0.3, -0.25) is 14.7 Å². The SMILES string of the molecule is CC(=O)NC[C@H]1CCCCN1C(=O)c1ccc(-c2cn[nH]c2)cc1. The number of amides is 2. The zero-order valence-corrected chi connectivity index (χ0v) is 13.8. The first kappa shape index (κ1) is 16.2. The van der Waals surface area contributed by atoms with Crippen molar-refractivity contribution in [2.75, 3.05) is 13.1 Å². The zero-order valence-electron chi connectivity index (χ0n) is 13.8. The minimum atomic E-state index is -0.0579. The van der Waals surface area contributed by atoms with Gasteiger partial charge >= 0.3 is 0 Å². The molecule has 0 bridgehead atoms. The number of piperidine rings is 1. The van der Waals surface area contributed by atoms with Crippen molar-refractivity contribution in [2.45, 2.75) is 32.2 Å². The molecule has 0 aliphatic carbocycles. The average molecular weight is 326 g/mol. The van der Waals surface area contributed by atoms with Crippen LogP contribution in [-0.2, 0) is 4.79 Å².